The van der Waals surface area contributed by atoms with Gasteiger partial charge in [-0.2, -0.15) is 0 Å². The lowest BCUT2D eigenvalue weighted by Gasteiger charge is -2.38. The maximum atomic E-state index is 4.66. The van der Waals surface area contributed by atoms with Gasteiger partial charge in [0.1, 0.15) is 5.82 Å². The maximum absolute atomic E-state index is 4.66. The summed E-state index contributed by atoms with van der Waals surface area (Å²) in [5, 5.41) is 0. The predicted octanol–water partition coefficient (Wildman–Crippen LogP) is 2.41. The second-order valence-electron chi connectivity index (χ2n) is 5.28. The summed E-state index contributed by atoms with van der Waals surface area (Å²) in [6, 6.07) is 2.74. The van der Waals surface area contributed by atoms with Crippen LogP contribution in [-0.2, 0) is 0 Å². The van der Waals surface area contributed by atoms with E-state index in [4.69, 9.17) is 0 Å². The Balaban J connectivity index is 2.03. The van der Waals surface area contributed by atoms with Crippen molar-refractivity contribution in [1.29, 1.82) is 0 Å². The van der Waals surface area contributed by atoms with Crippen molar-refractivity contribution in [3.05, 3.63) is 23.8 Å². The predicted molar refractivity (Wildman–Crippen MR) is 65.6 cm³/mol. The molecule has 0 saturated heterocycles. The highest BCUT2D eigenvalue weighted by Gasteiger charge is 2.33. The van der Waals surface area contributed by atoms with Gasteiger partial charge in [0, 0.05) is 23.9 Å². The maximum Gasteiger partial charge on any atom is 0.131 e. The van der Waals surface area contributed by atoms with Crippen LogP contribution in [0.25, 0.3) is 0 Å². The lowest BCUT2D eigenvalue weighted by Crippen LogP contribution is -2.39. The van der Waals surface area contributed by atoms with Crippen LogP contribution in [0, 0.1) is 0 Å². The summed E-state index contributed by atoms with van der Waals surface area (Å²) in [5.41, 5.74) is 1.17. The third-order valence-corrected chi connectivity index (χ3v) is 3.50. The molecule has 1 fully saturated rings. The molecule has 0 unspecified atom stereocenters. The Kier molecular flexibility index (Phi) is 3.24. The van der Waals surface area contributed by atoms with Crippen LogP contribution in [-0.4, -0.2) is 35.0 Å². The van der Waals surface area contributed by atoms with E-state index in [0.717, 1.165) is 11.9 Å². The van der Waals surface area contributed by atoms with Gasteiger partial charge in [-0.1, -0.05) is 13.8 Å². The second kappa shape index (κ2) is 4.50. The third kappa shape index (κ3) is 2.24. The quantitative estimate of drug-likeness (QED) is 0.781. The lowest BCUT2D eigenvalue weighted by molar-refractivity contribution is 0.161. The Morgan fingerprint density at radius 3 is 2.56 bits per heavy atom. The molecule has 0 radical (unpaired) electrons. The van der Waals surface area contributed by atoms with Crippen LogP contribution in [0.1, 0.15) is 50.0 Å². The van der Waals surface area contributed by atoms with Crippen LogP contribution in [0.15, 0.2) is 12.3 Å². The van der Waals surface area contributed by atoms with Gasteiger partial charge < -0.3 is 4.90 Å². The zero-order valence-corrected chi connectivity index (χ0v) is 10.6. The molecule has 0 bridgehead atoms. The highest BCUT2D eigenvalue weighted by atomic mass is 15.1. The van der Waals surface area contributed by atoms with E-state index >= 15 is 0 Å². The van der Waals surface area contributed by atoms with Gasteiger partial charge in [-0.3, -0.25) is 0 Å². The van der Waals surface area contributed by atoms with Crippen molar-refractivity contribution in [2.45, 2.75) is 44.6 Å². The second-order valence-corrected chi connectivity index (χ2v) is 5.28. The number of rotatable bonds is 3. The fraction of sp³-hybridized carbons (Fsp3) is 0.692. The van der Waals surface area contributed by atoms with Crippen molar-refractivity contribution in [1.82, 2.24) is 14.9 Å². The third-order valence-electron chi connectivity index (χ3n) is 3.50. The molecule has 1 aliphatic rings. The summed E-state index contributed by atoms with van der Waals surface area (Å²) in [5.74, 6) is 2.11. The van der Waals surface area contributed by atoms with Gasteiger partial charge in [0.15, 0.2) is 0 Å². The van der Waals surface area contributed by atoms with E-state index in [2.05, 4.69) is 42.8 Å². The molecule has 0 amide bonds. The van der Waals surface area contributed by atoms with Crippen molar-refractivity contribution in [3.63, 3.8) is 0 Å². The van der Waals surface area contributed by atoms with Gasteiger partial charge in [-0.15, -0.1) is 0 Å². The van der Waals surface area contributed by atoms with E-state index in [9.17, 15) is 0 Å². The molecule has 16 heavy (non-hydrogen) atoms. The Morgan fingerprint density at radius 1 is 1.31 bits per heavy atom. The molecule has 0 aliphatic heterocycles. The van der Waals surface area contributed by atoms with Crippen LogP contribution in [0.2, 0.25) is 0 Å². The molecule has 88 valence electrons. The van der Waals surface area contributed by atoms with Gasteiger partial charge >= 0.3 is 0 Å². The molecule has 3 heteroatoms. The van der Waals surface area contributed by atoms with Crippen molar-refractivity contribution >= 4 is 0 Å². The summed E-state index contributed by atoms with van der Waals surface area (Å²) in [4.78, 5) is 11.4. The first-order valence-corrected chi connectivity index (χ1v) is 6.07. The largest absolute Gasteiger partial charge is 0.306 e. The fourth-order valence-corrected chi connectivity index (χ4v) is 2.13. The molecule has 0 aromatic carbocycles. The van der Waals surface area contributed by atoms with Gasteiger partial charge in [-0.05, 0) is 38.9 Å². The first-order valence-electron chi connectivity index (χ1n) is 6.07. The van der Waals surface area contributed by atoms with Gasteiger partial charge in [0.05, 0.1) is 0 Å². The highest BCUT2D eigenvalue weighted by Crippen LogP contribution is 2.37. The Labute approximate surface area is 97.9 Å². The van der Waals surface area contributed by atoms with E-state index in [1.165, 1.54) is 18.5 Å². The molecule has 2 rings (SSSR count). The summed E-state index contributed by atoms with van der Waals surface area (Å²) in [6.07, 6.45) is 4.31. The average molecular weight is 219 g/mol. The Morgan fingerprint density at radius 2 is 2.00 bits per heavy atom. The molecule has 0 spiro atoms. The Bertz CT molecular complexity index is 354. The van der Waals surface area contributed by atoms with Crippen molar-refractivity contribution in [3.8, 4) is 0 Å². The van der Waals surface area contributed by atoms with Crippen LogP contribution < -0.4 is 0 Å². The molecule has 1 heterocycles. The van der Waals surface area contributed by atoms with E-state index in [1.54, 1.807) is 0 Å². The minimum absolute atomic E-state index is 0.492. The monoisotopic (exact) mass is 219 g/mol. The zero-order valence-electron chi connectivity index (χ0n) is 10.6. The first-order chi connectivity index (χ1) is 7.58. The molecular weight excluding hydrogens is 198 g/mol. The summed E-state index contributed by atoms with van der Waals surface area (Å²) in [6.45, 7) is 4.35. The molecule has 1 aromatic heterocycles. The van der Waals surface area contributed by atoms with Crippen LogP contribution in [0.5, 0.6) is 0 Å². The highest BCUT2D eigenvalue weighted by molar-refractivity contribution is 5.12. The Hall–Kier alpha value is -0.960. The van der Waals surface area contributed by atoms with Gasteiger partial charge in [0.25, 0.3) is 0 Å². The van der Waals surface area contributed by atoms with Crippen LogP contribution in [0.3, 0.4) is 0 Å². The molecular formula is C13H21N3. The normalized spacial score (nSPS) is 24.9. The summed E-state index contributed by atoms with van der Waals surface area (Å²) < 4.78 is 0. The SMILES string of the molecule is CC(C)c1ccnc(C2CC(N(C)C)C2)n1. The average Bonchev–Trinajstić information content (AvgIpc) is 2.15. The number of hydrogen-bond donors (Lipinski definition) is 0. The first kappa shape index (κ1) is 11.5. The van der Waals surface area contributed by atoms with E-state index in [1.807, 2.05) is 12.3 Å². The molecule has 3 nitrogen and oxygen atoms in total. The minimum Gasteiger partial charge on any atom is -0.306 e. The van der Waals surface area contributed by atoms with Crippen molar-refractivity contribution in [2.24, 2.45) is 0 Å². The number of aromatic nitrogens is 2. The summed E-state index contributed by atoms with van der Waals surface area (Å²) >= 11 is 0. The van der Waals surface area contributed by atoms with Crippen LogP contribution in [0.4, 0.5) is 0 Å². The topological polar surface area (TPSA) is 29.0 Å². The minimum atomic E-state index is 0.492. The molecule has 1 aromatic rings. The zero-order chi connectivity index (χ0) is 11.7. The van der Waals surface area contributed by atoms with E-state index in [0.29, 0.717) is 11.8 Å². The smallest absolute Gasteiger partial charge is 0.131 e. The lowest BCUT2D eigenvalue weighted by atomic mass is 9.79. The van der Waals surface area contributed by atoms with Crippen LogP contribution >= 0.6 is 0 Å². The molecule has 1 aliphatic carbocycles. The number of nitrogens with zero attached hydrogens (tertiary/aromatic N) is 3. The van der Waals surface area contributed by atoms with E-state index in [-0.39, 0.29) is 0 Å². The molecule has 0 N–H and O–H groups in total. The van der Waals surface area contributed by atoms with Crippen molar-refractivity contribution < 1.29 is 0 Å². The molecule has 1 saturated carbocycles. The van der Waals surface area contributed by atoms with Crippen molar-refractivity contribution in [2.75, 3.05) is 14.1 Å². The number of hydrogen-bond acceptors (Lipinski definition) is 3. The summed E-state index contributed by atoms with van der Waals surface area (Å²) in [7, 11) is 4.29. The molecule has 0 atom stereocenters. The fourth-order valence-electron chi connectivity index (χ4n) is 2.13. The van der Waals surface area contributed by atoms with Gasteiger partial charge in [-0.25, -0.2) is 9.97 Å². The van der Waals surface area contributed by atoms with Gasteiger partial charge in [0.2, 0.25) is 0 Å². The van der Waals surface area contributed by atoms with E-state index < -0.39 is 0 Å². The standard InChI is InChI=1S/C13H21N3/c1-9(2)12-5-6-14-13(15-12)10-7-11(8-10)16(3)4/h5-6,9-11H,7-8H2,1-4H3.